The van der Waals surface area contributed by atoms with Gasteiger partial charge in [-0.15, -0.1) is 0 Å². The Bertz CT molecular complexity index is 960. The van der Waals surface area contributed by atoms with E-state index < -0.39 is 0 Å². The number of pyridine rings is 1. The van der Waals surface area contributed by atoms with E-state index in [4.69, 9.17) is 5.10 Å². The van der Waals surface area contributed by atoms with E-state index in [2.05, 4.69) is 28.9 Å². The fourth-order valence-electron chi connectivity index (χ4n) is 4.03. The van der Waals surface area contributed by atoms with E-state index >= 15 is 0 Å². The Labute approximate surface area is 171 Å². The first-order valence-corrected chi connectivity index (χ1v) is 10.2. The molecule has 2 aromatic heterocycles. The van der Waals surface area contributed by atoms with E-state index in [9.17, 15) is 4.79 Å². The van der Waals surface area contributed by atoms with Crippen LogP contribution in [-0.2, 0) is 11.2 Å². The Kier molecular flexibility index (Phi) is 5.60. The molecule has 0 spiro atoms. The lowest BCUT2D eigenvalue weighted by atomic mass is 10.1. The van der Waals surface area contributed by atoms with Gasteiger partial charge in [-0.3, -0.25) is 4.79 Å². The van der Waals surface area contributed by atoms with Gasteiger partial charge in [0.2, 0.25) is 5.91 Å². The topological polar surface area (TPSA) is 54.3 Å². The summed E-state index contributed by atoms with van der Waals surface area (Å²) >= 11 is 0. The molecule has 3 heterocycles. The average molecular weight is 390 g/mol. The number of carbonyl (C=O) groups is 1. The highest BCUT2D eigenvalue weighted by Crippen LogP contribution is 2.27. The first kappa shape index (κ1) is 19.2. The number of aryl methyl sites for hydroxylation is 2. The molecular formula is C23H27N5O. The minimum atomic E-state index is 0.242. The van der Waals surface area contributed by atoms with Crippen LogP contribution >= 0.6 is 0 Å². The second-order valence-electron chi connectivity index (χ2n) is 7.47. The molecular weight excluding hydrogens is 362 g/mol. The molecule has 0 saturated carbocycles. The summed E-state index contributed by atoms with van der Waals surface area (Å²) in [6.07, 6.45) is 3.15. The largest absolute Gasteiger partial charge is 0.365 e. The minimum Gasteiger partial charge on any atom is -0.365 e. The third kappa shape index (κ3) is 4.16. The fraction of sp³-hybridized carbons (Fsp3) is 0.348. The molecule has 1 aliphatic rings. The average Bonchev–Trinajstić information content (AvgIpc) is 3.07. The summed E-state index contributed by atoms with van der Waals surface area (Å²) in [7, 11) is 0. The van der Waals surface area contributed by atoms with Gasteiger partial charge in [-0.25, -0.2) is 9.67 Å². The van der Waals surface area contributed by atoms with Crippen molar-refractivity contribution in [1.29, 1.82) is 0 Å². The number of hydrogen-bond donors (Lipinski definition) is 0. The van der Waals surface area contributed by atoms with Gasteiger partial charge in [0.1, 0.15) is 0 Å². The predicted molar refractivity (Wildman–Crippen MR) is 114 cm³/mol. The Balaban J connectivity index is 1.38. The first-order valence-electron chi connectivity index (χ1n) is 10.2. The monoisotopic (exact) mass is 389 g/mol. The van der Waals surface area contributed by atoms with Crippen LogP contribution in [0.4, 0.5) is 5.69 Å². The second-order valence-corrected chi connectivity index (χ2v) is 7.47. The number of nitrogens with zero attached hydrogens (tertiary/aromatic N) is 5. The quantitative estimate of drug-likeness (QED) is 0.673. The van der Waals surface area contributed by atoms with Gasteiger partial charge in [-0.1, -0.05) is 36.4 Å². The van der Waals surface area contributed by atoms with Gasteiger partial charge in [0, 0.05) is 38.8 Å². The highest BCUT2D eigenvalue weighted by molar-refractivity contribution is 5.77. The molecule has 1 aromatic carbocycles. The smallest absolute Gasteiger partial charge is 0.223 e. The van der Waals surface area contributed by atoms with E-state index in [1.807, 2.05) is 52.9 Å². The molecule has 0 bridgehead atoms. The number of carbonyl (C=O) groups excluding carboxylic acids is 1. The van der Waals surface area contributed by atoms with E-state index in [0.29, 0.717) is 6.42 Å². The molecule has 1 fully saturated rings. The molecule has 4 rings (SSSR count). The van der Waals surface area contributed by atoms with Crippen molar-refractivity contribution in [2.45, 2.75) is 26.7 Å². The maximum Gasteiger partial charge on any atom is 0.223 e. The van der Waals surface area contributed by atoms with Crippen molar-refractivity contribution < 1.29 is 4.79 Å². The molecule has 1 aliphatic heterocycles. The minimum absolute atomic E-state index is 0.242. The lowest BCUT2D eigenvalue weighted by molar-refractivity contribution is -0.131. The third-order valence-corrected chi connectivity index (χ3v) is 5.54. The molecule has 0 aliphatic carbocycles. The van der Waals surface area contributed by atoms with Gasteiger partial charge < -0.3 is 9.80 Å². The highest BCUT2D eigenvalue weighted by atomic mass is 16.2. The zero-order chi connectivity index (χ0) is 20.2. The molecule has 3 aromatic rings. The Morgan fingerprint density at radius 3 is 2.38 bits per heavy atom. The molecule has 0 N–H and O–H groups in total. The Morgan fingerprint density at radius 1 is 0.966 bits per heavy atom. The fourth-order valence-corrected chi connectivity index (χ4v) is 4.03. The zero-order valence-electron chi connectivity index (χ0n) is 17.1. The van der Waals surface area contributed by atoms with Crippen LogP contribution in [-0.4, -0.2) is 51.8 Å². The molecule has 0 unspecified atom stereocenters. The standard InChI is InChI=1S/C23H27N5O/c1-18-23(19(2)28(25-18)21-10-6-7-13-24-21)27-16-14-26(15-17-27)22(29)12-11-20-8-4-3-5-9-20/h3-10,13H,11-12,14-17H2,1-2H3. The SMILES string of the molecule is Cc1nn(-c2ccccn2)c(C)c1N1CCN(C(=O)CCc2ccccc2)CC1. The molecule has 1 saturated heterocycles. The van der Waals surface area contributed by atoms with Crippen molar-refractivity contribution in [3.8, 4) is 5.82 Å². The van der Waals surface area contributed by atoms with Gasteiger partial charge in [-0.05, 0) is 38.0 Å². The molecule has 0 radical (unpaired) electrons. The molecule has 1 amide bonds. The molecule has 6 heteroatoms. The number of aromatic nitrogens is 3. The van der Waals surface area contributed by atoms with Crippen LogP contribution in [0.1, 0.15) is 23.4 Å². The third-order valence-electron chi connectivity index (χ3n) is 5.54. The lowest BCUT2D eigenvalue weighted by Crippen LogP contribution is -2.49. The summed E-state index contributed by atoms with van der Waals surface area (Å²) in [5, 5.41) is 4.70. The van der Waals surface area contributed by atoms with Crippen LogP contribution in [0.15, 0.2) is 54.7 Å². The van der Waals surface area contributed by atoms with Crippen LogP contribution in [0.3, 0.4) is 0 Å². The van der Waals surface area contributed by atoms with Gasteiger partial charge >= 0.3 is 0 Å². The number of anilines is 1. The second kappa shape index (κ2) is 8.47. The Hall–Kier alpha value is -3.15. The maximum atomic E-state index is 12.6. The summed E-state index contributed by atoms with van der Waals surface area (Å²) in [6.45, 7) is 7.28. The van der Waals surface area contributed by atoms with Crippen LogP contribution in [0.2, 0.25) is 0 Å². The molecule has 150 valence electrons. The lowest BCUT2D eigenvalue weighted by Gasteiger charge is -2.36. The van der Waals surface area contributed by atoms with Crippen LogP contribution in [0.25, 0.3) is 5.82 Å². The van der Waals surface area contributed by atoms with Crippen LogP contribution in [0.5, 0.6) is 0 Å². The van der Waals surface area contributed by atoms with Crippen LogP contribution < -0.4 is 4.90 Å². The number of benzene rings is 1. The summed E-state index contributed by atoms with van der Waals surface area (Å²) in [4.78, 5) is 21.4. The van der Waals surface area contributed by atoms with Crippen molar-refractivity contribution in [1.82, 2.24) is 19.7 Å². The number of rotatable bonds is 5. The molecule has 29 heavy (non-hydrogen) atoms. The number of amides is 1. The normalized spacial score (nSPS) is 14.3. The predicted octanol–water partition coefficient (Wildman–Crippen LogP) is 3.17. The Morgan fingerprint density at radius 2 is 1.69 bits per heavy atom. The van der Waals surface area contributed by atoms with Crippen molar-refractivity contribution in [3.05, 3.63) is 71.7 Å². The molecule has 0 atom stereocenters. The van der Waals surface area contributed by atoms with E-state index in [-0.39, 0.29) is 5.91 Å². The maximum absolute atomic E-state index is 12.6. The van der Waals surface area contributed by atoms with Gasteiger partial charge in [0.05, 0.1) is 17.1 Å². The van der Waals surface area contributed by atoms with Crippen LogP contribution in [0, 0.1) is 13.8 Å². The van der Waals surface area contributed by atoms with E-state index in [1.165, 1.54) is 5.56 Å². The van der Waals surface area contributed by atoms with E-state index in [0.717, 1.165) is 55.5 Å². The van der Waals surface area contributed by atoms with Crippen molar-refractivity contribution in [2.75, 3.05) is 31.1 Å². The zero-order valence-corrected chi connectivity index (χ0v) is 17.1. The summed E-state index contributed by atoms with van der Waals surface area (Å²) in [6, 6.07) is 16.0. The van der Waals surface area contributed by atoms with Crippen molar-refractivity contribution in [3.63, 3.8) is 0 Å². The van der Waals surface area contributed by atoms with Gasteiger partial charge in [0.25, 0.3) is 0 Å². The van der Waals surface area contributed by atoms with E-state index in [1.54, 1.807) is 6.20 Å². The summed E-state index contributed by atoms with van der Waals surface area (Å²) < 4.78 is 1.90. The summed E-state index contributed by atoms with van der Waals surface area (Å²) in [5.74, 6) is 1.07. The number of hydrogen-bond acceptors (Lipinski definition) is 4. The number of piperazine rings is 1. The van der Waals surface area contributed by atoms with Gasteiger partial charge in [0.15, 0.2) is 5.82 Å². The van der Waals surface area contributed by atoms with Crippen molar-refractivity contribution >= 4 is 11.6 Å². The van der Waals surface area contributed by atoms with Gasteiger partial charge in [-0.2, -0.15) is 5.10 Å². The summed E-state index contributed by atoms with van der Waals surface area (Å²) in [5.41, 5.74) is 4.46. The molecule has 6 nitrogen and oxygen atoms in total. The first-order chi connectivity index (χ1) is 14.1. The highest BCUT2D eigenvalue weighted by Gasteiger charge is 2.25. The van der Waals surface area contributed by atoms with Crippen molar-refractivity contribution in [2.24, 2.45) is 0 Å².